The van der Waals surface area contributed by atoms with E-state index in [9.17, 15) is 4.79 Å². The van der Waals surface area contributed by atoms with E-state index in [2.05, 4.69) is 10.5 Å². The van der Waals surface area contributed by atoms with E-state index in [-0.39, 0.29) is 5.91 Å². The summed E-state index contributed by atoms with van der Waals surface area (Å²) in [4.78, 5) is 11.7. The zero-order chi connectivity index (χ0) is 13.0. The molecule has 0 unspecified atom stereocenters. The van der Waals surface area contributed by atoms with E-state index in [4.69, 9.17) is 10.2 Å². The fraction of sp³-hybridized carbons (Fsp3) is 0.0769. The van der Waals surface area contributed by atoms with E-state index in [1.165, 1.54) is 0 Å². The number of rotatable bonds is 3. The summed E-state index contributed by atoms with van der Waals surface area (Å²) in [5.41, 5.74) is 9.71. The van der Waals surface area contributed by atoms with Gasteiger partial charge < -0.3 is 10.2 Å². The third kappa shape index (κ3) is 2.76. The topological polar surface area (TPSA) is 80.6 Å². The van der Waals surface area contributed by atoms with Crippen molar-refractivity contribution in [1.82, 2.24) is 5.43 Å². The highest BCUT2D eigenvalue weighted by Gasteiger charge is 2.05. The lowest BCUT2D eigenvalue weighted by Crippen LogP contribution is -2.19. The Morgan fingerprint density at radius 2 is 2.00 bits per heavy atom. The average molecular weight is 243 g/mol. The predicted octanol–water partition coefficient (Wildman–Crippen LogP) is 2.02. The van der Waals surface area contributed by atoms with Crippen molar-refractivity contribution >= 4 is 17.3 Å². The van der Waals surface area contributed by atoms with Gasteiger partial charge in [0.05, 0.1) is 6.26 Å². The molecule has 0 spiro atoms. The van der Waals surface area contributed by atoms with Crippen LogP contribution in [-0.4, -0.2) is 11.6 Å². The van der Waals surface area contributed by atoms with Crippen LogP contribution in [0, 0.1) is 0 Å². The van der Waals surface area contributed by atoms with E-state index in [1.807, 2.05) is 0 Å². The molecule has 2 aromatic rings. The molecule has 0 aliphatic heterocycles. The Morgan fingerprint density at radius 1 is 1.28 bits per heavy atom. The normalized spacial score (nSPS) is 11.3. The molecule has 0 aliphatic rings. The van der Waals surface area contributed by atoms with Gasteiger partial charge in [-0.25, -0.2) is 5.43 Å². The first kappa shape index (κ1) is 11.9. The lowest BCUT2D eigenvalue weighted by molar-refractivity contribution is 0.0955. The van der Waals surface area contributed by atoms with Gasteiger partial charge >= 0.3 is 0 Å². The van der Waals surface area contributed by atoms with Crippen LogP contribution in [0.5, 0.6) is 0 Å². The van der Waals surface area contributed by atoms with Gasteiger partial charge in [-0.1, -0.05) is 0 Å². The molecule has 1 aromatic heterocycles. The van der Waals surface area contributed by atoms with Crippen LogP contribution in [0.4, 0.5) is 5.69 Å². The molecule has 1 heterocycles. The number of carbonyl (C=O) groups excluding carboxylic acids is 1. The molecule has 0 radical (unpaired) electrons. The van der Waals surface area contributed by atoms with Crippen LogP contribution in [0.1, 0.15) is 23.0 Å². The van der Waals surface area contributed by atoms with Crippen LogP contribution in [-0.2, 0) is 0 Å². The monoisotopic (exact) mass is 243 g/mol. The van der Waals surface area contributed by atoms with Crippen LogP contribution in [0.15, 0.2) is 52.2 Å². The Kier molecular flexibility index (Phi) is 3.43. The van der Waals surface area contributed by atoms with Gasteiger partial charge in [-0.05, 0) is 43.3 Å². The number of nitrogens with zero attached hydrogens (tertiary/aromatic N) is 1. The molecule has 5 nitrogen and oxygen atoms in total. The number of nitrogen functional groups attached to an aromatic ring is 1. The number of nitrogens with two attached hydrogens (primary N) is 1. The van der Waals surface area contributed by atoms with Crippen molar-refractivity contribution in [1.29, 1.82) is 0 Å². The van der Waals surface area contributed by atoms with Crippen molar-refractivity contribution < 1.29 is 9.21 Å². The quantitative estimate of drug-likeness (QED) is 0.491. The summed E-state index contributed by atoms with van der Waals surface area (Å²) < 4.78 is 5.15. The highest BCUT2D eigenvalue weighted by molar-refractivity contribution is 5.99. The minimum absolute atomic E-state index is 0.291. The van der Waals surface area contributed by atoms with E-state index in [1.54, 1.807) is 49.6 Å². The number of hydrazone groups is 1. The van der Waals surface area contributed by atoms with E-state index in [0.29, 0.717) is 22.7 Å². The molecule has 0 saturated heterocycles. The molecule has 1 amide bonds. The molecule has 0 fully saturated rings. The van der Waals surface area contributed by atoms with Gasteiger partial charge in [-0.15, -0.1) is 0 Å². The summed E-state index contributed by atoms with van der Waals surface area (Å²) in [6, 6.07) is 10.1. The number of hydrogen-bond donors (Lipinski definition) is 2. The second-order valence-corrected chi connectivity index (χ2v) is 3.74. The zero-order valence-electron chi connectivity index (χ0n) is 9.88. The molecule has 0 saturated carbocycles. The average Bonchev–Trinajstić information content (AvgIpc) is 2.90. The first-order valence-electron chi connectivity index (χ1n) is 5.41. The molecule has 5 heteroatoms. The fourth-order valence-electron chi connectivity index (χ4n) is 1.37. The molecule has 0 bridgehead atoms. The van der Waals surface area contributed by atoms with Crippen LogP contribution in [0.25, 0.3) is 0 Å². The number of furan rings is 1. The highest BCUT2D eigenvalue weighted by atomic mass is 16.3. The number of benzene rings is 1. The fourth-order valence-corrected chi connectivity index (χ4v) is 1.37. The van der Waals surface area contributed by atoms with E-state index >= 15 is 0 Å². The molecule has 0 atom stereocenters. The second kappa shape index (κ2) is 5.18. The summed E-state index contributed by atoms with van der Waals surface area (Å²) in [5.74, 6) is 0.327. The SMILES string of the molecule is CC(=NNC(=O)c1ccc(N)cc1)c1ccco1. The standard InChI is InChI=1S/C13H13N3O2/c1-9(12-3-2-8-18-12)15-16-13(17)10-4-6-11(14)7-5-10/h2-8H,14H2,1H3,(H,16,17). The van der Waals surface area contributed by atoms with Crippen molar-refractivity contribution in [2.45, 2.75) is 6.92 Å². The van der Waals surface area contributed by atoms with Crippen molar-refractivity contribution in [3.05, 3.63) is 54.0 Å². The lowest BCUT2D eigenvalue weighted by Gasteiger charge is -2.01. The molecular weight excluding hydrogens is 230 g/mol. The third-order valence-corrected chi connectivity index (χ3v) is 2.38. The maximum absolute atomic E-state index is 11.7. The Labute approximate surface area is 104 Å². The van der Waals surface area contributed by atoms with Crippen molar-refractivity contribution in [2.24, 2.45) is 5.10 Å². The van der Waals surface area contributed by atoms with Gasteiger partial charge in [-0.3, -0.25) is 4.79 Å². The Bertz CT molecular complexity index is 556. The maximum atomic E-state index is 11.7. The lowest BCUT2D eigenvalue weighted by atomic mass is 10.2. The Morgan fingerprint density at radius 3 is 2.61 bits per heavy atom. The van der Waals surface area contributed by atoms with Crippen molar-refractivity contribution in [3.8, 4) is 0 Å². The maximum Gasteiger partial charge on any atom is 0.271 e. The molecule has 2 rings (SSSR count). The molecule has 3 N–H and O–H groups in total. The Balaban J connectivity index is 2.04. The van der Waals surface area contributed by atoms with Gasteiger partial charge in [0.15, 0.2) is 0 Å². The first-order valence-corrected chi connectivity index (χ1v) is 5.41. The van der Waals surface area contributed by atoms with Gasteiger partial charge in [0.2, 0.25) is 0 Å². The summed E-state index contributed by atoms with van der Waals surface area (Å²) in [5, 5.41) is 3.96. The summed E-state index contributed by atoms with van der Waals surface area (Å²) in [7, 11) is 0. The summed E-state index contributed by atoms with van der Waals surface area (Å²) in [6.45, 7) is 1.75. The Hall–Kier alpha value is -2.56. The second-order valence-electron chi connectivity index (χ2n) is 3.74. The highest BCUT2D eigenvalue weighted by Crippen LogP contribution is 2.05. The number of hydrogen-bond acceptors (Lipinski definition) is 4. The molecule has 92 valence electrons. The molecule has 0 aliphatic carbocycles. The smallest absolute Gasteiger partial charge is 0.271 e. The minimum Gasteiger partial charge on any atom is -0.463 e. The molecule has 1 aromatic carbocycles. The van der Waals surface area contributed by atoms with Crippen LogP contribution < -0.4 is 11.2 Å². The molecule has 18 heavy (non-hydrogen) atoms. The van der Waals surface area contributed by atoms with Gasteiger partial charge in [-0.2, -0.15) is 5.10 Å². The first-order chi connectivity index (χ1) is 8.66. The third-order valence-electron chi connectivity index (χ3n) is 2.38. The number of amides is 1. The van der Waals surface area contributed by atoms with Crippen molar-refractivity contribution in [2.75, 3.05) is 5.73 Å². The van der Waals surface area contributed by atoms with Gasteiger partial charge in [0.1, 0.15) is 11.5 Å². The number of anilines is 1. The van der Waals surface area contributed by atoms with Gasteiger partial charge in [0.25, 0.3) is 5.91 Å². The van der Waals surface area contributed by atoms with Crippen LogP contribution >= 0.6 is 0 Å². The summed E-state index contributed by atoms with van der Waals surface area (Å²) in [6.07, 6.45) is 1.55. The summed E-state index contributed by atoms with van der Waals surface area (Å²) >= 11 is 0. The van der Waals surface area contributed by atoms with Crippen LogP contribution in [0.3, 0.4) is 0 Å². The largest absolute Gasteiger partial charge is 0.463 e. The van der Waals surface area contributed by atoms with Crippen molar-refractivity contribution in [3.63, 3.8) is 0 Å². The zero-order valence-corrected chi connectivity index (χ0v) is 9.88. The van der Waals surface area contributed by atoms with E-state index in [0.717, 1.165) is 0 Å². The van der Waals surface area contributed by atoms with E-state index < -0.39 is 0 Å². The minimum atomic E-state index is -0.291. The van der Waals surface area contributed by atoms with Gasteiger partial charge in [0, 0.05) is 11.3 Å². The number of nitrogens with one attached hydrogen (secondary N) is 1. The predicted molar refractivity (Wildman–Crippen MR) is 69.2 cm³/mol. The van der Waals surface area contributed by atoms with Crippen LogP contribution in [0.2, 0.25) is 0 Å². The number of carbonyl (C=O) groups is 1. The molecular formula is C13H13N3O2.